The van der Waals surface area contributed by atoms with Gasteiger partial charge in [0, 0.05) is 11.1 Å². The van der Waals surface area contributed by atoms with Gasteiger partial charge in [0.05, 0.1) is 11.4 Å². The fourth-order valence-corrected chi connectivity index (χ4v) is 3.67. The standard InChI is InChI=1S/C22H21N.C2H6/c1-16-13-14-21-19(15-16)22(2,3)18-11-7-8-12-20(18)23(21)17-9-5-4-6-10-17;1-2/h4-15H,1-3H3;1-2H3. The summed E-state index contributed by atoms with van der Waals surface area (Å²) in [6.07, 6.45) is 0. The van der Waals surface area contributed by atoms with Crippen LogP contribution in [0.4, 0.5) is 17.1 Å². The summed E-state index contributed by atoms with van der Waals surface area (Å²) in [5, 5.41) is 0. The predicted octanol–water partition coefficient (Wildman–Crippen LogP) is 7.13. The van der Waals surface area contributed by atoms with Gasteiger partial charge in [-0.15, -0.1) is 0 Å². The maximum Gasteiger partial charge on any atom is 0.0502 e. The fraction of sp³-hybridized carbons (Fsp3) is 0.250. The van der Waals surface area contributed by atoms with Crippen LogP contribution in [0.5, 0.6) is 0 Å². The van der Waals surface area contributed by atoms with Crippen molar-refractivity contribution in [3.05, 3.63) is 89.5 Å². The molecule has 0 aromatic heterocycles. The first-order valence-corrected chi connectivity index (χ1v) is 9.15. The molecule has 0 fully saturated rings. The minimum absolute atomic E-state index is 0.00320. The van der Waals surface area contributed by atoms with Crippen molar-refractivity contribution in [2.45, 2.75) is 40.0 Å². The Morgan fingerprint density at radius 3 is 2.00 bits per heavy atom. The number of rotatable bonds is 1. The van der Waals surface area contributed by atoms with Crippen molar-refractivity contribution in [3.63, 3.8) is 0 Å². The van der Waals surface area contributed by atoms with Gasteiger partial charge >= 0.3 is 0 Å². The van der Waals surface area contributed by atoms with Gasteiger partial charge in [0.2, 0.25) is 0 Å². The van der Waals surface area contributed by atoms with E-state index in [9.17, 15) is 0 Å². The second kappa shape index (κ2) is 6.76. The Labute approximate surface area is 151 Å². The van der Waals surface area contributed by atoms with Crippen molar-refractivity contribution >= 4 is 17.1 Å². The number of fused-ring (bicyclic) bond motifs is 2. The summed E-state index contributed by atoms with van der Waals surface area (Å²) in [7, 11) is 0. The number of para-hydroxylation sites is 2. The van der Waals surface area contributed by atoms with E-state index in [2.05, 4.69) is 98.5 Å². The Kier molecular flexibility index (Phi) is 4.67. The van der Waals surface area contributed by atoms with Crippen molar-refractivity contribution in [3.8, 4) is 0 Å². The Hall–Kier alpha value is -2.54. The summed E-state index contributed by atoms with van der Waals surface area (Å²) in [5.41, 5.74) is 7.85. The number of aryl methyl sites for hydroxylation is 1. The molecule has 1 heteroatoms. The molecule has 0 amide bonds. The number of anilines is 3. The van der Waals surface area contributed by atoms with Gasteiger partial charge in [0.25, 0.3) is 0 Å². The monoisotopic (exact) mass is 329 g/mol. The molecule has 1 heterocycles. The minimum atomic E-state index is 0.00320. The molecule has 3 aromatic rings. The molecule has 128 valence electrons. The molecular formula is C24H27N. The van der Waals surface area contributed by atoms with Gasteiger partial charge in [-0.25, -0.2) is 0 Å². The molecule has 4 rings (SSSR count). The first kappa shape index (κ1) is 17.3. The van der Waals surface area contributed by atoms with Crippen LogP contribution in [0.3, 0.4) is 0 Å². The van der Waals surface area contributed by atoms with Crippen molar-refractivity contribution in [1.82, 2.24) is 0 Å². The number of nitrogens with zero attached hydrogens (tertiary/aromatic N) is 1. The summed E-state index contributed by atoms with van der Waals surface area (Å²) in [6.45, 7) is 10.8. The topological polar surface area (TPSA) is 3.24 Å². The average Bonchev–Trinajstić information content (AvgIpc) is 2.65. The molecule has 1 aliphatic rings. The zero-order valence-electron chi connectivity index (χ0n) is 15.9. The Morgan fingerprint density at radius 2 is 1.28 bits per heavy atom. The smallest absolute Gasteiger partial charge is 0.0502 e. The third-order valence-corrected chi connectivity index (χ3v) is 4.90. The highest BCUT2D eigenvalue weighted by Crippen LogP contribution is 2.51. The third kappa shape index (κ3) is 2.84. The molecule has 3 aromatic carbocycles. The number of hydrogen-bond acceptors (Lipinski definition) is 1. The molecule has 0 radical (unpaired) electrons. The SMILES string of the molecule is CC.Cc1ccc2c(c1)C(C)(C)c1ccccc1N2c1ccccc1. The van der Waals surface area contributed by atoms with Crippen LogP contribution in [0.2, 0.25) is 0 Å². The van der Waals surface area contributed by atoms with Crippen LogP contribution < -0.4 is 4.90 Å². The van der Waals surface area contributed by atoms with Crippen LogP contribution in [0.15, 0.2) is 72.8 Å². The van der Waals surface area contributed by atoms with Crippen LogP contribution in [0.1, 0.15) is 44.4 Å². The number of hydrogen-bond donors (Lipinski definition) is 0. The molecule has 0 saturated heterocycles. The first-order valence-electron chi connectivity index (χ1n) is 9.15. The summed E-state index contributed by atoms with van der Waals surface area (Å²) in [6, 6.07) is 26.2. The molecule has 0 aliphatic carbocycles. The van der Waals surface area contributed by atoms with Gasteiger partial charge in [-0.3, -0.25) is 0 Å². The summed E-state index contributed by atoms with van der Waals surface area (Å²) < 4.78 is 0. The van der Waals surface area contributed by atoms with Crippen LogP contribution in [-0.2, 0) is 5.41 Å². The lowest BCUT2D eigenvalue weighted by Crippen LogP contribution is -2.30. The third-order valence-electron chi connectivity index (χ3n) is 4.90. The predicted molar refractivity (Wildman–Crippen MR) is 109 cm³/mol. The Morgan fingerprint density at radius 1 is 0.680 bits per heavy atom. The highest BCUT2D eigenvalue weighted by molar-refractivity contribution is 5.85. The van der Waals surface area contributed by atoms with E-state index in [0.29, 0.717) is 0 Å². The number of benzene rings is 3. The van der Waals surface area contributed by atoms with Gasteiger partial charge in [-0.05, 0) is 42.3 Å². The van der Waals surface area contributed by atoms with E-state index < -0.39 is 0 Å². The normalized spacial score (nSPS) is 14.0. The average molecular weight is 329 g/mol. The van der Waals surface area contributed by atoms with E-state index in [4.69, 9.17) is 0 Å². The molecule has 25 heavy (non-hydrogen) atoms. The Balaban J connectivity index is 0.000000880. The summed E-state index contributed by atoms with van der Waals surface area (Å²) in [5.74, 6) is 0. The maximum atomic E-state index is 2.38. The van der Waals surface area contributed by atoms with Crippen molar-refractivity contribution in [1.29, 1.82) is 0 Å². The summed E-state index contributed by atoms with van der Waals surface area (Å²) in [4.78, 5) is 2.38. The van der Waals surface area contributed by atoms with Gasteiger partial charge in [0.15, 0.2) is 0 Å². The zero-order valence-corrected chi connectivity index (χ0v) is 15.9. The molecule has 0 bridgehead atoms. The van der Waals surface area contributed by atoms with Crippen molar-refractivity contribution in [2.75, 3.05) is 4.90 Å². The van der Waals surface area contributed by atoms with Crippen molar-refractivity contribution < 1.29 is 0 Å². The van der Waals surface area contributed by atoms with E-state index in [1.165, 1.54) is 33.8 Å². The van der Waals surface area contributed by atoms with E-state index >= 15 is 0 Å². The van der Waals surface area contributed by atoms with Crippen LogP contribution in [-0.4, -0.2) is 0 Å². The lowest BCUT2D eigenvalue weighted by Gasteiger charge is -2.42. The van der Waals surface area contributed by atoms with Crippen LogP contribution >= 0.6 is 0 Å². The van der Waals surface area contributed by atoms with E-state index in [-0.39, 0.29) is 5.41 Å². The van der Waals surface area contributed by atoms with E-state index in [0.717, 1.165) is 0 Å². The quantitative estimate of drug-likeness (QED) is 0.459. The molecule has 0 spiro atoms. The molecule has 1 nitrogen and oxygen atoms in total. The maximum absolute atomic E-state index is 2.38. The zero-order chi connectivity index (χ0) is 18.0. The highest BCUT2D eigenvalue weighted by atomic mass is 15.2. The van der Waals surface area contributed by atoms with Crippen LogP contribution in [0, 0.1) is 6.92 Å². The second-order valence-electron chi connectivity index (χ2n) is 6.83. The highest BCUT2D eigenvalue weighted by Gasteiger charge is 2.36. The molecule has 0 N–H and O–H groups in total. The molecule has 0 saturated carbocycles. The van der Waals surface area contributed by atoms with Gasteiger partial charge in [-0.2, -0.15) is 0 Å². The second-order valence-corrected chi connectivity index (χ2v) is 6.83. The van der Waals surface area contributed by atoms with E-state index in [1.54, 1.807) is 0 Å². The Bertz CT molecular complexity index is 862. The lowest BCUT2D eigenvalue weighted by molar-refractivity contribution is 0.631. The van der Waals surface area contributed by atoms with Crippen LogP contribution in [0.25, 0.3) is 0 Å². The van der Waals surface area contributed by atoms with Gasteiger partial charge in [0.1, 0.15) is 0 Å². The lowest BCUT2D eigenvalue weighted by atomic mass is 9.73. The van der Waals surface area contributed by atoms with Crippen molar-refractivity contribution in [2.24, 2.45) is 0 Å². The molecule has 1 aliphatic heterocycles. The minimum Gasteiger partial charge on any atom is -0.310 e. The molecule has 0 atom stereocenters. The molecular weight excluding hydrogens is 302 g/mol. The molecule has 0 unspecified atom stereocenters. The van der Waals surface area contributed by atoms with Gasteiger partial charge < -0.3 is 4.90 Å². The van der Waals surface area contributed by atoms with E-state index in [1.807, 2.05) is 13.8 Å². The summed E-state index contributed by atoms with van der Waals surface area (Å²) >= 11 is 0. The fourth-order valence-electron chi connectivity index (χ4n) is 3.67. The first-order chi connectivity index (χ1) is 12.1. The largest absolute Gasteiger partial charge is 0.310 e. The van der Waals surface area contributed by atoms with Gasteiger partial charge in [-0.1, -0.05) is 81.8 Å².